The molecular weight excluding hydrogens is 355 g/mol. The third kappa shape index (κ3) is 3.95. The molecule has 1 heterocycles. The van der Waals surface area contributed by atoms with Gasteiger partial charge in [0, 0.05) is 0 Å². The Bertz CT molecular complexity index is 999. The number of nitriles is 1. The van der Waals surface area contributed by atoms with Crippen LogP contribution in [-0.2, 0) is 12.8 Å². The van der Waals surface area contributed by atoms with Crippen LogP contribution in [0.3, 0.4) is 0 Å². The second-order valence-electron chi connectivity index (χ2n) is 6.16. The molecule has 0 saturated heterocycles. The summed E-state index contributed by atoms with van der Waals surface area (Å²) in [4.78, 5) is 0. The van der Waals surface area contributed by atoms with Crippen LogP contribution >= 0.6 is 0 Å². The molecule has 27 heavy (non-hydrogen) atoms. The van der Waals surface area contributed by atoms with Crippen LogP contribution in [0.4, 0.5) is 13.2 Å². The van der Waals surface area contributed by atoms with Crippen LogP contribution in [-0.4, -0.2) is 9.78 Å². The highest BCUT2D eigenvalue weighted by Gasteiger charge is 2.40. The molecule has 0 radical (unpaired) electrons. The molecule has 0 fully saturated rings. The van der Waals surface area contributed by atoms with E-state index in [2.05, 4.69) is 5.10 Å². The van der Waals surface area contributed by atoms with Crippen LogP contribution in [0.5, 0.6) is 5.88 Å². The number of halogens is 3. The number of benzene rings is 2. The maximum Gasteiger partial charge on any atom is 0.436 e. The Kier molecular flexibility index (Phi) is 4.91. The van der Waals surface area contributed by atoms with Gasteiger partial charge in [0.2, 0.25) is 5.88 Å². The lowest BCUT2D eigenvalue weighted by Gasteiger charge is -2.10. The average molecular weight is 371 g/mol. The standard InChI is InChI=1S/C20H16F3N3O/c1-13-6-8-15(9-7-13)12-27-19-17(11-24)18(20(21,22)23)25-26(19)16-5-3-4-14(2)10-16/h3-10H,12H2,1-2H3. The summed E-state index contributed by atoms with van der Waals surface area (Å²) in [5.41, 5.74) is 1.18. The molecule has 0 N–H and O–H groups in total. The van der Waals surface area contributed by atoms with Crippen LogP contribution in [0.1, 0.15) is 27.9 Å². The molecule has 0 atom stereocenters. The van der Waals surface area contributed by atoms with E-state index >= 15 is 0 Å². The third-order valence-electron chi connectivity index (χ3n) is 3.97. The third-order valence-corrected chi connectivity index (χ3v) is 3.97. The van der Waals surface area contributed by atoms with E-state index in [0.717, 1.165) is 21.4 Å². The van der Waals surface area contributed by atoms with Crippen LogP contribution in [0.15, 0.2) is 48.5 Å². The zero-order chi connectivity index (χ0) is 19.6. The van der Waals surface area contributed by atoms with Gasteiger partial charge in [-0.05, 0) is 37.1 Å². The Balaban J connectivity index is 2.07. The number of nitrogens with zero attached hydrogens (tertiary/aromatic N) is 3. The quantitative estimate of drug-likeness (QED) is 0.651. The van der Waals surface area contributed by atoms with E-state index in [-0.39, 0.29) is 12.5 Å². The molecule has 0 unspecified atom stereocenters. The monoisotopic (exact) mass is 371 g/mol. The number of aryl methyl sites for hydroxylation is 2. The Morgan fingerprint density at radius 2 is 1.78 bits per heavy atom. The van der Waals surface area contributed by atoms with Crippen molar-refractivity contribution in [2.45, 2.75) is 26.6 Å². The van der Waals surface area contributed by atoms with Crippen molar-refractivity contribution in [1.82, 2.24) is 9.78 Å². The minimum atomic E-state index is -4.76. The molecule has 2 aromatic carbocycles. The van der Waals surface area contributed by atoms with E-state index < -0.39 is 17.4 Å². The van der Waals surface area contributed by atoms with Crippen LogP contribution in [0.2, 0.25) is 0 Å². The first-order valence-corrected chi connectivity index (χ1v) is 8.15. The minimum Gasteiger partial charge on any atom is -0.472 e. The number of hydrogen-bond donors (Lipinski definition) is 0. The Morgan fingerprint density at radius 1 is 1.07 bits per heavy atom. The lowest BCUT2D eigenvalue weighted by molar-refractivity contribution is -0.141. The van der Waals surface area contributed by atoms with Gasteiger partial charge >= 0.3 is 6.18 Å². The summed E-state index contributed by atoms with van der Waals surface area (Å²) < 4.78 is 46.7. The van der Waals surface area contributed by atoms with Gasteiger partial charge in [-0.3, -0.25) is 0 Å². The van der Waals surface area contributed by atoms with Crippen LogP contribution in [0, 0.1) is 25.2 Å². The van der Waals surface area contributed by atoms with Crippen molar-refractivity contribution in [1.29, 1.82) is 5.26 Å². The molecule has 1 aromatic heterocycles. The second-order valence-corrected chi connectivity index (χ2v) is 6.16. The Labute approximate surface area is 154 Å². The van der Waals surface area contributed by atoms with E-state index in [1.54, 1.807) is 24.3 Å². The van der Waals surface area contributed by atoms with Gasteiger partial charge in [-0.1, -0.05) is 42.0 Å². The fourth-order valence-electron chi connectivity index (χ4n) is 2.61. The smallest absolute Gasteiger partial charge is 0.436 e. The molecule has 3 rings (SSSR count). The molecule has 0 aliphatic carbocycles. The lowest BCUT2D eigenvalue weighted by atomic mass is 10.2. The first kappa shape index (κ1) is 18.5. The molecule has 4 nitrogen and oxygen atoms in total. The molecule has 0 aliphatic heterocycles. The fourth-order valence-corrected chi connectivity index (χ4v) is 2.61. The number of aromatic nitrogens is 2. The van der Waals surface area contributed by atoms with Gasteiger partial charge in [0.05, 0.1) is 5.69 Å². The summed E-state index contributed by atoms with van der Waals surface area (Å²) in [6, 6.07) is 15.8. The van der Waals surface area contributed by atoms with Crippen molar-refractivity contribution < 1.29 is 17.9 Å². The topological polar surface area (TPSA) is 50.8 Å². The number of alkyl halides is 3. The largest absolute Gasteiger partial charge is 0.472 e. The van der Waals surface area contributed by atoms with Gasteiger partial charge in [0.25, 0.3) is 0 Å². The molecule has 0 amide bonds. The maximum absolute atomic E-state index is 13.3. The molecule has 7 heteroatoms. The summed E-state index contributed by atoms with van der Waals surface area (Å²) in [5, 5.41) is 13.0. The number of rotatable bonds is 4. The van der Waals surface area contributed by atoms with Crippen LogP contribution in [0.25, 0.3) is 5.69 Å². The van der Waals surface area contributed by atoms with Crippen molar-refractivity contribution in [2.75, 3.05) is 0 Å². The van der Waals surface area contributed by atoms with Gasteiger partial charge < -0.3 is 4.74 Å². The van der Waals surface area contributed by atoms with Crippen molar-refractivity contribution in [3.8, 4) is 17.6 Å². The zero-order valence-corrected chi connectivity index (χ0v) is 14.7. The summed E-state index contributed by atoms with van der Waals surface area (Å²) in [5.74, 6) is -0.226. The Morgan fingerprint density at radius 3 is 2.37 bits per heavy atom. The molecule has 0 bridgehead atoms. The van der Waals surface area contributed by atoms with E-state index in [0.29, 0.717) is 5.69 Å². The number of ether oxygens (including phenoxy) is 1. The predicted molar refractivity (Wildman–Crippen MR) is 93.5 cm³/mol. The first-order valence-electron chi connectivity index (χ1n) is 8.15. The first-order chi connectivity index (χ1) is 12.8. The fraction of sp³-hybridized carbons (Fsp3) is 0.200. The van der Waals surface area contributed by atoms with Gasteiger partial charge in [-0.2, -0.15) is 28.2 Å². The molecule has 0 spiro atoms. The second kappa shape index (κ2) is 7.16. The van der Waals surface area contributed by atoms with Crippen molar-refractivity contribution in [3.05, 3.63) is 76.5 Å². The van der Waals surface area contributed by atoms with Crippen molar-refractivity contribution in [2.24, 2.45) is 0 Å². The van der Waals surface area contributed by atoms with Crippen LogP contribution < -0.4 is 4.74 Å². The summed E-state index contributed by atoms with van der Waals surface area (Å²) in [6.45, 7) is 3.76. The van der Waals surface area contributed by atoms with Crippen molar-refractivity contribution in [3.63, 3.8) is 0 Å². The normalized spacial score (nSPS) is 11.3. The van der Waals surface area contributed by atoms with Gasteiger partial charge in [-0.25, -0.2) is 0 Å². The maximum atomic E-state index is 13.3. The van der Waals surface area contributed by atoms with Gasteiger partial charge in [0.15, 0.2) is 5.69 Å². The molecular formula is C20H16F3N3O. The van der Waals surface area contributed by atoms with E-state index in [9.17, 15) is 18.4 Å². The number of hydrogen-bond acceptors (Lipinski definition) is 3. The summed E-state index contributed by atoms with van der Waals surface area (Å²) in [7, 11) is 0. The lowest BCUT2D eigenvalue weighted by Crippen LogP contribution is -2.08. The SMILES string of the molecule is Cc1ccc(COc2c(C#N)c(C(F)(F)F)nn2-c2cccc(C)c2)cc1. The van der Waals surface area contributed by atoms with Gasteiger partial charge in [0.1, 0.15) is 18.2 Å². The average Bonchev–Trinajstić information content (AvgIpc) is 3.00. The van der Waals surface area contributed by atoms with E-state index in [1.807, 2.05) is 44.2 Å². The summed E-state index contributed by atoms with van der Waals surface area (Å²) >= 11 is 0. The zero-order valence-electron chi connectivity index (χ0n) is 14.7. The highest BCUT2D eigenvalue weighted by atomic mass is 19.4. The predicted octanol–water partition coefficient (Wildman–Crippen LogP) is 4.96. The molecule has 0 saturated carbocycles. The van der Waals surface area contributed by atoms with Crippen molar-refractivity contribution >= 4 is 0 Å². The van der Waals surface area contributed by atoms with Gasteiger partial charge in [-0.15, -0.1) is 0 Å². The Hall–Kier alpha value is -3.27. The summed E-state index contributed by atoms with van der Waals surface area (Å²) in [6.07, 6.45) is -4.76. The molecule has 3 aromatic rings. The highest BCUT2D eigenvalue weighted by Crippen LogP contribution is 2.36. The molecule has 138 valence electrons. The minimum absolute atomic E-state index is 0.0176. The van der Waals surface area contributed by atoms with E-state index in [1.165, 1.54) is 0 Å². The van der Waals surface area contributed by atoms with E-state index in [4.69, 9.17) is 4.74 Å². The highest BCUT2D eigenvalue weighted by molar-refractivity contribution is 5.49. The molecule has 0 aliphatic rings.